The minimum atomic E-state index is -4.55. The molecule has 1 saturated heterocycles. The van der Waals surface area contributed by atoms with E-state index in [1.54, 1.807) is 0 Å². The summed E-state index contributed by atoms with van der Waals surface area (Å²) in [7, 11) is 0. The zero-order chi connectivity index (χ0) is 13.9. The highest BCUT2D eigenvalue weighted by atomic mass is 19.4. The van der Waals surface area contributed by atoms with E-state index in [-0.39, 0.29) is 6.10 Å². The molecule has 0 amide bonds. The summed E-state index contributed by atoms with van der Waals surface area (Å²) in [5, 5.41) is 3.09. The lowest BCUT2D eigenvalue weighted by Crippen LogP contribution is -2.34. The summed E-state index contributed by atoms with van der Waals surface area (Å²) >= 11 is 0. The molecule has 3 nitrogen and oxygen atoms in total. The first-order valence-corrected chi connectivity index (χ1v) is 6.06. The summed E-state index contributed by atoms with van der Waals surface area (Å²) in [4.78, 5) is 11.8. The van der Waals surface area contributed by atoms with Gasteiger partial charge in [-0.2, -0.15) is 13.2 Å². The predicted octanol–water partition coefficient (Wildman–Crippen LogP) is 2.61. The fourth-order valence-corrected chi connectivity index (χ4v) is 2.04. The molecular formula is C13H14F3NO2. The molecule has 2 rings (SSSR count). The number of piperidine rings is 1. The van der Waals surface area contributed by atoms with Crippen LogP contribution in [0.2, 0.25) is 0 Å². The molecule has 0 aliphatic carbocycles. The van der Waals surface area contributed by atoms with Crippen molar-refractivity contribution in [3.63, 3.8) is 0 Å². The highest BCUT2D eigenvalue weighted by Crippen LogP contribution is 2.32. The third-order valence-corrected chi connectivity index (χ3v) is 3.01. The Labute approximate surface area is 108 Å². The fourth-order valence-electron chi connectivity index (χ4n) is 2.04. The van der Waals surface area contributed by atoms with Gasteiger partial charge < -0.3 is 10.1 Å². The van der Waals surface area contributed by atoms with Crippen LogP contribution >= 0.6 is 0 Å². The molecule has 0 saturated carbocycles. The van der Waals surface area contributed by atoms with E-state index < -0.39 is 23.3 Å². The molecule has 0 unspecified atom stereocenters. The van der Waals surface area contributed by atoms with Crippen LogP contribution in [0.5, 0.6) is 0 Å². The van der Waals surface area contributed by atoms with Crippen LogP contribution < -0.4 is 5.32 Å². The average Bonchev–Trinajstić information content (AvgIpc) is 2.39. The Kier molecular flexibility index (Phi) is 4.09. The van der Waals surface area contributed by atoms with Crippen LogP contribution in [0, 0.1) is 0 Å². The quantitative estimate of drug-likeness (QED) is 0.842. The van der Waals surface area contributed by atoms with Gasteiger partial charge in [-0.15, -0.1) is 0 Å². The SMILES string of the molecule is O=C(OC1CCNCC1)c1ccccc1C(F)(F)F. The van der Waals surface area contributed by atoms with Crippen molar-refractivity contribution in [2.75, 3.05) is 13.1 Å². The summed E-state index contributed by atoms with van der Waals surface area (Å²) in [5.41, 5.74) is -1.37. The molecule has 0 atom stereocenters. The van der Waals surface area contributed by atoms with Crippen molar-refractivity contribution in [2.24, 2.45) is 0 Å². The third kappa shape index (κ3) is 3.47. The van der Waals surface area contributed by atoms with E-state index in [9.17, 15) is 18.0 Å². The van der Waals surface area contributed by atoms with Crippen LogP contribution in [0.3, 0.4) is 0 Å². The number of halogens is 3. The van der Waals surface area contributed by atoms with Gasteiger partial charge in [0.1, 0.15) is 6.10 Å². The van der Waals surface area contributed by atoms with Crippen molar-refractivity contribution in [3.8, 4) is 0 Å². The van der Waals surface area contributed by atoms with Crippen molar-refractivity contribution in [1.82, 2.24) is 5.32 Å². The van der Waals surface area contributed by atoms with Gasteiger partial charge in [0.2, 0.25) is 0 Å². The Bertz CT molecular complexity index is 453. The monoisotopic (exact) mass is 273 g/mol. The normalized spacial score (nSPS) is 17.2. The highest BCUT2D eigenvalue weighted by molar-refractivity contribution is 5.91. The summed E-state index contributed by atoms with van der Waals surface area (Å²) in [6.45, 7) is 1.41. The van der Waals surface area contributed by atoms with E-state index in [4.69, 9.17) is 4.74 Å². The Morgan fingerprint density at radius 2 is 1.84 bits per heavy atom. The first-order chi connectivity index (χ1) is 8.98. The number of rotatable bonds is 2. The van der Waals surface area contributed by atoms with Crippen LogP contribution in [0.1, 0.15) is 28.8 Å². The lowest BCUT2D eigenvalue weighted by atomic mass is 10.1. The molecule has 19 heavy (non-hydrogen) atoms. The van der Waals surface area contributed by atoms with Gasteiger partial charge in [-0.05, 0) is 38.1 Å². The van der Waals surface area contributed by atoms with Crippen LogP contribution in [-0.4, -0.2) is 25.2 Å². The zero-order valence-corrected chi connectivity index (χ0v) is 10.2. The standard InChI is InChI=1S/C13H14F3NO2/c14-13(15,16)11-4-2-1-3-10(11)12(18)19-9-5-7-17-8-6-9/h1-4,9,17H,5-8H2. The third-order valence-electron chi connectivity index (χ3n) is 3.01. The van der Waals surface area contributed by atoms with Crippen molar-refractivity contribution >= 4 is 5.97 Å². The molecule has 1 fully saturated rings. The Balaban J connectivity index is 2.14. The number of nitrogens with one attached hydrogen (secondary N) is 1. The maximum absolute atomic E-state index is 12.8. The van der Waals surface area contributed by atoms with E-state index in [1.807, 2.05) is 0 Å². The first kappa shape index (κ1) is 13.9. The van der Waals surface area contributed by atoms with Crippen molar-refractivity contribution in [2.45, 2.75) is 25.1 Å². The van der Waals surface area contributed by atoms with E-state index >= 15 is 0 Å². The highest BCUT2D eigenvalue weighted by Gasteiger charge is 2.35. The van der Waals surface area contributed by atoms with Crippen LogP contribution in [0.4, 0.5) is 13.2 Å². The Hall–Kier alpha value is -1.56. The lowest BCUT2D eigenvalue weighted by Gasteiger charge is -2.23. The second-order valence-electron chi connectivity index (χ2n) is 4.40. The zero-order valence-electron chi connectivity index (χ0n) is 10.2. The van der Waals surface area contributed by atoms with E-state index in [2.05, 4.69) is 5.32 Å². The molecule has 1 aromatic rings. The van der Waals surface area contributed by atoms with Crippen LogP contribution in [-0.2, 0) is 10.9 Å². The summed E-state index contributed by atoms with van der Waals surface area (Å²) in [6, 6.07) is 4.68. The maximum atomic E-state index is 12.8. The molecule has 1 aliphatic rings. The lowest BCUT2D eigenvalue weighted by molar-refractivity contribution is -0.138. The maximum Gasteiger partial charge on any atom is 0.417 e. The molecule has 0 spiro atoms. The van der Waals surface area contributed by atoms with E-state index in [0.29, 0.717) is 25.9 Å². The van der Waals surface area contributed by atoms with Gasteiger partial charge in [0, 0.05) is 0 Å². The molecule has 1 N–H and O–H groups in total. The number of alkyl halides is 3. The van der Waals surface area contributed by atoms with Crippen molar-refractivity contribution in [1.29, 1.82) is 0 Å². The van der Waals surface area contributed by atoms with Crippen LogP contribution in [0.15, 0.2) is 24.3 Å². The summed E-state index contributed by atoms with van der Waals surface area (Å²) in [5.74, 6) is -0.903. The topological polar surface area (TPSA) is 38.3 Å². The Morgan fingerprint density at radius 1 is 1.21 bits per heavy atom. The average molecular weight is 273 g/mol. The minimum absolute atomic E-state index is 0.310. The number of carbonyl (C=O) groups is 1. The fraction of sp³-hybridized carbons (Fsp3) is 0.462. The second kappa shape index (κ2) is 5.61. The molecule has 6 heteroatoms. The number of esters is 1. The Morgan fingerprint density at radius 3 is 2.47 bits per heavy atom. The van der Waals surface area contributed by atoms with Crippen molar-refractivity contribution < 1.29 is 22.7 Å². The molecule has 0 aromatic heterocycles. The molecule has 0 bridgehead atoms. The first-order valence-electron chi connectivity index (χ1n) is 6.06. The van der Waals surface area contributed by atoms with Gasteiger partial charge >= 0.3 is 12.1 Å². The van der Waals surface area contributed by atoms with E-state index in [1.165, 1.54) is 12.1 Å². The summed E-state index contributed by atoms with van der Waals surface area (Å²) < 4.78 is 43.4. The number of hydrogen-bond donors (Lipinski definition) is 1. The van der Waals surface area contributed by atoms with Crippen LogP contribution in [0.25, 0.3) is 0 Å². The van der Waals surface area contributed by atoms with Gasteiger partial charge in [-0.1, -0.05) is 12.1 Å². The number of hydrogen-bond acceptors (Lipinski definition) is 3. The molecule has 1 aromatic carbocycles. The molecule has 0 radical (unpaired) electrons. The largest absolute Gasteiger partial charge is 0.459 e. The van der Waals surface area contributed by atoms with Gasteiger partial charge in [-0.25, -0.2) is 4.79 Å². The molecular weight excluding hydrogens is 259 g/mol. The number of carbonyl (C=O) groups excluding carboxylic acids is 1. The second-order valence-corrected chi connectivity index (χ2v) is 4.40. The van der Waals surface area contributed by atoms with E-state index in [0.717, 1.165) is 12.1 Å². The smallest absolute Gasteiger partial charge is 0.417 e. The number of ether oxygens (including phenoxy) is 1. The van der Waals surface area contributed by atoms with Gasteiger partial charge in [-0.3, -0.25) is 0 Å². The van der Waals surface area contributed by atoms with Gasteiger partial charge in [0.05, 0.1) is 11.1 Å². The molecule has 104 valence electrons. The number of benzene rings is 1. The molecule has 1 heterocycles. The van der Waals surface area contributed by atoms with Gasteiger partial charge in [0.25, 0.3) is 0 Å². The van der Waals surface area contributed by atoms with Gasteiger partial charge in [0.15, 0.2) is 0 Å². The summed E-state index contributed by atoms with van der Waals surface area (Å²) in [6.07, 6.45) is -3.61. The van der Waals surface area contributed by atoms with Crippen molar-refractivity contribution in [3.05, 3.63) is 35.4 Å². The predicted molar refractivity (Wildman–Crippen MR) is 62.8 cm³/mol. The molecule has 1 aliphatic heterocycles. The minimum Gasteiger partial charge on any atom is -0.459 e.